The number of benzene rings is 1. The van der Waals surface area contributed by atoms with Crippen LogP contribution < -0.4 is 4.74 Å². The molecule has 0 spiro atoms. The van der Waals surface area contributed by atoms with E-state index in [1.165, 1.54) is 103 Å². The van der Waals surface area contributed by atoms with Gasteiger partial charge in [0.1, 0.15) is 0 Å². The SMILES string of the molecule is CCCCCCCCCCCCCCCCC(C[CH2][K])Oc1ccccc1.O=C(O)CC(C(=O)O)S(=O)(=O)O. The average Bonchev–Trinajstić information content (AvgIpc) is 2.87. The molecule has 0 aromatic heterocycles. The summed E-state index contributed by atoms with van der Waals surface area (Å²) in [6.45, 7) is 2.30. The normalized spacial score (nSPS) is 12.7. The molecular formula is C29H49KO8S. The Morgan fingerprint density at radius 1 is 0.795 bits per heavy atom. The molecule has 0 saturated heterocycles. The van der Waals surface area contributed by atoms with Crippen LogP contribution in [0.1, 0.15) is 116 Å². The first-order chi connectivity index (χ1) is 18.6. The van der Waals surface area contributed by atoms with Crippen molar-refractivity contribution in [3.05, 3.63) is 30.3 Å². The largest absolute Gasteiger partial charge is 0.481 e. The van der Waals surface area contributed by atoms with E-state index in [-0.39, 0.29) is 0 Å². The molecule has 0 radical (unpaired) electrons. The Morgan fingerprint density at radius 3 is 1.62 bits per heavy atom. The maximum Gasteiger partial charge on any atom is 0.325 e. The van der Waals surface area contributed by atoms with E-state index >= 15 is 0 Å². The van der Waals surface area contributed by atoms with Gasteiger partial charge in [-0.25, -0.2) is 0 Å². The molecule has 0 saturated carbocycles. The number of hydrogen-bond acceptors (Lipinski definition) is 5. The van der Waals surface area contributed by atoms with Crippen LogP contribution in [0.4, 0.5) is 0 Å². The van der Waals surface area contributed by atoms with E-state index in [1.54, 1.807) is 0 Å². The molecule has 1 aromatic rings. The molecule has 1 rings (SSSR count). The van der Waals surface area contributed by atoms with E-state index in [2.05, 4.69) is 37.3 Å². The fourth-order valence-electron chi connectivity index (χ4n) is 4.32. The summed E-state index contributed by atoms with van der Waals surface area (Å²) in [5, 5.41) is 13.9. The van der Waals surface area contributed by atoms with Gasteiger partial charge in [0, 0.05) is 0 Å². The fourth-order valence-corrected chi connectivity index (χ4v) is 5.93. The summed E-state index contributed by atoms with van der Waals surface area (Å²) < 4.78 is 36.3. The summed E-state index contributed by atoms with van der Waals surface area (Å²) >= 11 is 0.945. The Labute approximate surface area is 270 Å². The van der Waals surface area contributed by atoms with Crippen LogP contribution in [0.5, 0.6) is 5.75 Å². The second-order valence-electron chi connectivity index (χ2n) is 10.2. The standard InChI is InChI=1S/C25H43O.C4H6O7S.K/c1-3-5-6-7-8-9-10-11-12-13-14-15-16-18-21-24(4-2)26-25-22-19-17-20-23-25;5-3(6)1-2(4(7)8)12(9,10)11;/h17,19-20,22-24H,2-16,18,21H2,1H3;2H,1H2,(H,5,6)(H,7,8)(H,9,10,11);. The molecule has 10 heteroatoms. The summed E-state index contributed by atoms with van der Waals surface area (Å²) in [6.07, 6.45) is 21.8. The molecule has 0 aliphatic heterocycles. The number of ether oxygens (including phenoxy) is 1. The smallest absolute Gasteiger partial charge is 0.325 e. The number of para-hydroxylation sites is 1. The van der Waals surface area contributed by atoms with Crippen LogP contribution in [-0.2, 0) is 19.7 Å². The van der Waals surface area contributed by atoms with Gasteiger partial charge in [-0.05, 0) is 0 Å². The van der Waals surface area contributed by atoms with Crippen molar-refractivity contribution in [1.82, 2.24) is 0 Å². The first-order valence-electron chi connectivity index (χ1n) is 14.7. The summed E-state index contributed by atoms with van der Waals surface area (Å²) in [5.74, 6) is -2.45. The second kappa shape index (κ2) is 25.2. The predicted molar refractivity (Wildman–Crippen MR) is 156 cm³/mol. The topological polar surface area (TPSA) is 138 Å². The average molecular weight is 597 g/mol. The molecule has 0 bridgehead atoms. The maximum absolute atomic E-state index is 10.2. The van der Waals surface area contributed by atoms with E-state index in [9.17, 15) is 18.0 Å². The first-order valence-corrected chi connectivity index (χ1v) is 18.5. The third-order valence-corrected chi connectivity index (χ3v) is 8.52. The summed E-state index contributed by atoms with van der Waals surface area (Å²) in [5.41, 5.74) is 0. The molecule has 0 heterocycles. The van der Waals surface area contributed by atoms with Gasteiger partial charge in [0.2, 0.25) is 0 Å². The van der Waals surface area contributed by atoms with Crippen LogP contribution in [0, 0.1) is 0 Å². The van der Waals surface area contributed by atoms with Crippen LogP contribution in [0.3, 0.4) is 0 Å². The molecule has 2 atom stereocenters. The molecule has 3 N–H and O–H groups in total. The van der Waals surface area contributed by atoms with Crippen molar-refractivity contribution in [3.63, 3.8) is 0 Å². The van der Waals surface area contributed by atoms with Gasteiger partial charge in [-0.1, -0.05) is 45.4 Å². The molecule has 1 aromatic carbocycles. The van der Waals surface area contributed by atoms with Crippen molar-refractivity contribution in [1.29, 1.82) is 0 Å². The van der Waals surface area contributed by atoms with Gasteiger partial charge in [-0.2, -0.15) is 8.42 Å². The maximum atomic E-state index is 10.2. The Morgan fingerprint density at radius 2 is 1.26 bits per heavy atom. The summed E-state index contributed by atoms with van der Waals surface area (Å²) in [4.78, 5) is 20.0. The summed E-state index contributed by atoms with van der Waals surface area (Å²) in [6, 6.07) is 10.4. The number of carbonyl (C=O) groups is 2. The number of carboxylic acid groups (broad SMARTS) is 2. The van der Waals surface area contributed by atoms with Crippen molar-refractivity contribution >= 4 is 71.0 Å². The van der Waals surface area contributed by atoms with E-state index in [1.807, 2.05) is 0 Å². The van der Waals surface area contributed by atoms with Gasteiger partial charge in [-0.15, -0.1) is 0 Å². The molecule has 0 amide bonds. The third-order valence-electron chi connectivity index (χ3n) is 6.53. The van der Waals surface area contributed by atoms with Gasteiger partial charge >= 0.3 is 173 Å². The van der Waals surface area contributed by atoms with Crippen LogP contribution in [0.2, 0.25) is 0.515 Å². The quantitative estimate of drug-likeness (QED) is 0.0692. The Kier molecular flexibility index (Phi) is 24.9. The van der Waals surface area contributed by atoms with Crippen molar-refractivity contribution in [2.45, 2.75) is 128 Å². The number of hydrogen-bond donors (Lipinski definition) is 3. The van der Waals surface area contributed by atoms with Gasteiger partial charge < -0.3 is 10.2 Å². The minimum Gasteiger partial charge on any atom is -0.481 e. The zero-order valence-electron chi connectivity index (χ0n) is 24.1. The molecule has 220 valence electrons. The van der Waals surface area contributed by atoms with Gasteiger partial charge in [0.25, 0.3) is 10.1 Å². The molecule has 0 aliphatic carbocycles. The minimum atomic E-state index is -4.84. The Hall–Kier alpha value is -0.494. The van der Waals surface area contributed by atoms with Crippen LogP contribution >= 0.6 is 0 Å². The number of unbranched alkanes of at least 4 members (excludes halogenated alkanes) is 13. The van der Waals surface area contributed by atoms with E-state index in [4.69, 9.17) is 19.5 Å². The van der Waals surface area contributed by atoms with Gasteiger partial charge in [0.15, 0.2) is 5.25 Å². The second-order valence-corrected chi connectivity index (χ2v) is 13.3. The zero-order valence-corrected chi connectivity index (χ0v) is 28.0. The van der Waals surface area contributed by atoms with Crippen molar-refractivity contribution in [3.8, 4) is 5.75 Å². The molecule has 0 fully saturated rings. The van der Waals surface area contributed by atoms with Gasteiger partial charge in [-0.3, -0.25) is 14.1 Å². The number of aliphatic carboxylic acids is 2. The zero-order chi connectivity index (χ0) is 29.4. The van der Waals surface area contributed by atoms with Gasteiger partial charge in [0.05, 0.1) is 6.42 Å². The predicted octanol–water partition coefficient (Wildman–Crippen LogP) is 7.08. The van der Waals surface area contributed by atoms with Crippen molar-refractivity contribution < 1.29 is 37.5 Å². The van der Waals surface area contributed by atoms with E-state index in [0.717, 1.165) is 54.7 Å². The molecular weight excluding hydrogens is 547 g/mol. The minimum absolute atomic E-state index is 0.445. The van der Waals surface area contributed by atoms with Crippen molar-refractivity contribution in [2.24, 2.45) is 0 Å². The number of carboxylic acids is 2. The van der Waals surface area contributed by atoms with Crippen LogP contribution in [0.15, 0.2) is 30.3 Å². The molecule has 39 heavy (non-hydrogen) atoms. The fraction of sp³-hybridized carbons (Fsp3) is 0.724. The summed E-state index contributed by atoms with van der Waals surface area (Å²) in [7, 11) is -4.84. The van der Waals surface area contributed by atoms with E-state index in [0.29, 0.717) is 6.10 Å². The third kappa shape index (κ3) is 23.9. The Bertz CT molecular complexity index is 848. The van der Waals surface area contributed by atoms with E-state index < -0.39 is 33.7 Å². The molecule has 2 unspecified atom stereocenters. The van der Waals surface area contributed by atoms with Crippen LogP contribution in [0.25, 0.3) is 0 Å². The van der Waals surface area contributed by atoms with Crippen molar-refractivity contribution in [2.75, 3.05) is 0 Å². The Balaban J connectivity index is 0.00000101. The van der Waals surface area contributed by atoms with Crippen LogP contribution in [-0.4, -0.2) is 95.4 Å². The monoisotopic (exact) mass is 596 g/mol. The molecule has 0 aliphatic rings. The molecule has 8 nitrogen and oxygen atoms in total. The first kappa shape index (κ1) is 38.5. The number of rotatable bonds is 23.